The van der Waals surface area contributed by atoms with E-state index in [4.69, 9.17) is 18.0 Å². The standard InChI is InChI=1S/C15H39NO4Si3/c1-17-23(18-2,19-3)15-11-14-20-13-10-12-16(21(4,5)6)22(7,8)9/h10-15H2,1-9H3. The average Bonchev–Trinajstić information content (AvgIpc) is 2.44. The molecule has 0 aliphatic heterocycles. The van der Waals surface area contributed by atoms with Crippen LogP contribution in [0.3, 0.4) is 0 Å². The van der Waals surface area contributed by atoms with Crippen LogP contribution in [0.5, 0.6) is 0 Å². The van der Waals surface area contributed by atoms with Crippen molar-refractivity contribution in [2.45, 2.75) is 58.2 Å². The molecule has 0 saturated carbocycles. The zero-order chi connectivity index (χ0) is 18.1. The number of rotatable bonds is 13. The first-order valence-corrected chi connectivity index (χ1v) is 17.4. The summed E-state index contributed by atoms with van der Waals surface area (Å²) in [6.07, 6.45) is 2.02. The van der Waals surface area contributed by atoms with E-state index < -0.39 is 25.3 Å². The van der Waals surface area contributed by atoms with Crippen molar-refractivity contribution in [3.05, 3.63) is 0 Å². The molecule has 5 nitrogen and oxygen atoms in total. The monoisotopic (exact) mass is 381 g/mol. The van der Waals surface area contributed by atoms with E-state index in [0.717, 1.165) is 32.1 Å². The van der Waals surface area contributed by atoms with Crippen LogP contribution in [0.1, 0.15) is 12.8 Å². The molecule has 0 N–H and O–H groups in total. The largest absolute Gasteiger partial charge is 0.500 e. The first kappa shape index (κ1) is 23.5. The third kappa shape index (κ3) is 8.92. The van der Waals surface area contributed by atoms with Crippen molar-refractivity contribution in [3.63, 3.8) is 0 Å². The Balaban J connectivity index is 4.01. The highest BCUT2D eigenvalue weighted by Gasteiger charge is 2.37. The minimum absolute atomic E-state index is 0.741. The molecule has 8 heteroatoms. The molecule has 0 rings (SSSR count). The van der Waals surface area contributed by atoms with Crippen molar-refractivity contribution in [2.75, 3.05) is 41.1 Å². The summed E-state index contributed by atoms with van der Waals surface area (Å²) in [5, 5.41) is 0. The normalized spacial score (nSPS) is 13.8. The number of ether oxygens (including phenoxy) is 1. The maximum absolute atomic E-state index is 5.80. The van der Waals surface area contributed by atoms with Crippen LogP contribution in [0.25, 0.3) is 0 Å². The second-order valence-corrected chi connectivity index (χ2v) is 21.2. The SMILES string of the molecule is CO[Si](CCCOCCCN([Si](C)(C)C)[Si](C)(C)C)(OC)OC. The third-order valence-corrected chi connectivity index (χ3v) is 14.5. The zero-order valence-corrected chi connectivity index (χ0v) is 19.8. The molecule has 0 heterocycles. The predicted octanol–water partition coefficient (Wildman–Crippen LogP) is 3.63. The molecule has 0 radical (unpaired) electrons. The van der Waals surface area contributed by atoms with Gasteiger partial charge in [-0.2, -0.15) is 0 Å². The number of hydrogen-bond donors (Lipinski definition) is 0. The van der Waals surface area contributed by atoms with E-state index in [2.05, 4.69) is 43.5 Å². The highest BCUT2D eigenvalue weighted by atomic mass is 28.4. The summed E-state index contributed by atoms with van der Waals surface area (Å²) in [5.41, 5.74) is 0. The lowest BCUT2D eigenvalue weighted by Crippen LogP contribution is -2.59. The summed E-state index contributed by atoms with van der Waals surface area (Å²) >= 11 is 0. The summed E-state index contributed by atoms with van der Waals surface area (Å²) in [6.45, 7) is 17.4. The Morgan fingerprint density at radius 2 is 1.13 bits per heavy atom. The quantitative estimate of drug-likeness (QED) is 0.360. The molecule has 0 fully saturated rings. The smallest absolute Gasteiger partial charge is 0.381 e. The molecular formula is C15H39NO4Si3. The van der Waals surface area contributed by atoms with Gasteiger partial charge in [-0.15, -0.1) is 0 Å². The van der Waals surface area contributed by atoms with Crippen molar-refractivity contribution in [1.82, 2.24) is 4.23 Å². The summed E-state index contributed by atoms with van der Waals surface area (Å²) in [6, 6.07) is 0.798. The lowest BCUT2D eigenvalue weighted by molar-refractivity contribution is 0.106. The van der Waals surface area contributed by atoms with Gasteiger partial charge < -0.3 is 22.2 Å². The van der Waals surface area contributed by atoms with E-state index in [0.29, 0.717) is 0 Å². The summed E-state index contributed by atoms with van der Waals surface area (Å²) in [4.78, 5) is 0. The van der Waals surface area contributed by atoms with Gasteiger partial charge in [0, 0.05) is 40.6 Å². The molecule has 0 aromatic carbocycles. The van der Waals surface area contributed by atoms with E-state index in [1.54, 1.807) is 21.3 Å². The van der Waals surface area contributed by atoms with Gasteiger partial charge in [-0.3, -0.25) is 0 Å². The molecule has 0 aromatic heterocycles. The zero-order valence-electron chi connectivity index (χ0n) is 16.8. The van der Waals surface area contributed by atoms with E-state index in [1.165, 1.54) is 6.54 Å². The van der Waals surface area contributed by atoms with Gasteiger partial charge in [0.25, 0.3) is 0 Å². The maximum atomic E-state index is 5.80. The average molecular weight is 382 g/mol. The Morgan fingerprint density at radius 1 is 0.696 bits per heavy atom. The molecule has 140 valence electrons. The van der Waals surface area contributed by atoms with Crippen molar-refractivity contribution in [2.24, 2.45) is 0 Å². The van der Waals surface area contributed by atoms with Gasteiger partial charge in [-0.25, -0.2) is 0 Å². The topological polar surface area (TPSA) is 40.2 Å². The Kier molecular flexibility index (Phi) is 10.6. The van der Waals surface area contributed by atoms with Crippen LogP contribution in [-0.2, 0) is 18.0 Å². The van der Waals surface area contributed by atoms with E-state index in [1.807, 2.05) is 0 Å². The maximum Gasteiger partial charge on any atom is 0.500 e. The van der Waals surface area contributed by atoms with E-state index in [9.17, 15) is 0 Å². The molecule has 0 aliphatic rings. The van der Waals surface area contributed by atoms with Crippen LogP contribution in [-0.4, -0.2) is 70.6 Å². The minimum atomic E-state index is -2.43. The van der Waals surface area contributed by atoms with Crippen LogP contribution < -0.4 is 0 Å². The molecule has 0 unspecified atom stereocenters. The molecule has 0 bridgehead atoms. The van der Waals surface area contributed by atoms with Crippen LogP contribution in [0.2, 0.25) is 45.3 Å². The highest BCUT2D eigenvalue weighted by molar-refractivity contribution is 6.89. The Hall–Kier alpha value is 0.451. The summed E-state index contributed by atoms with van der Waals surface area (Å²) in [5.74, 6) is 0. The van der Waals surface area contributed by atoms with E-state index >= 15 is 0 Å². The molecule has 0 amide bonds. The predicted molar refractivity (Wildman–Crippen MR) is 105 cm³/mol. The fraction of sp³-hybridized carbons (Fsp3) is 1.00. The molecule has 0 atom stereocenters. The van der Waals surface area contributed by atoms with Crippen LogP contribution in [0.4, 0.5) is 0 Å². The first-order valence-electron chi connectivity index (χ1n) is 8.53. The van der Waals surface area contributed by atoms with Gasteiger partial charge in [0.15, 0.2) is 0 Å². The molecule has 0 spiro atoms. The summed E-state index contributed by atoms with van der Waals surface area (Å²) in [7, 11) is 0.0487. The van der Waals surface area contributed by atoms with Crippen molar-refractivity contribution in [3.8, 4) is 0 Å². The number of nitrogens with zero attached hydrogens (tertiary/aromatic N) is 1. The Morgan fingerprint density at radius 3 is 1.52 bits per heavy atom. The van der Waals surface area contributed by atoms with Crippen LogP contribution >= 0.6 is 0 Å². The fourth-order valence-corrected chi connectivity index (χ4v) is 14.4. The van der Waals surface area contributed by atoms with Gasteiger partial charge in [0.2, 0.25) is 0 Å². The van der Waals surface area contributed by atoms with Crippen molar-refractivity contribution >= 4 is 25.3 Å². The van der Waals surface area contributed by atoms with Gasteiger partial charge in [0.1, 0.15) is 16.5 Å². The number of hydrogen-bond acceptors (Lipinski definition) is 5. The third-order valence-electron chi connectivity index (χ3n) is 3.99. The second kappa shape index (κ2) is 10.4. The lowest BCUT2D eigenvalue weighted by atomic mass is 10.4. The second-order valence-electron chi connectivity index (χ2n) is 7.86. The Bertz CT molecular complexity index is 293. The van der Waals surface area contributed by atoms with Gasteiger partial charge in [-0.1, -0.05) is 39.3 Å². The molecule has 23 heavy (non-hydrogen) atoms. The Labute approximate surface area is 147 Å². The van der Waals surface area contributed by atoms with Crippen LogP contribution in [0.15, 0.2) is 0 Å². The fourth-order valence-electron chi connectivity index (χ4n) is 3.05. The molecule has 0 saturated heterocycles. The molecule has 0 aliphatic carbocycles. The molecule has 0 aromatic rings. The van der Waals surface area contributed by atoms with Crippen molar-refractivity contribution < 1.29 is 18.0 Å². The minimum Gasteiger partial charge on any atom is -0.381 e. The van der Waals surface area contributed by atoms with Crippen LogP contribution in [0, 0.1) is 0 Å². The van der Waals surface area contributed by atoms with E-state index in [-0.39, 0.29) is 0 Å². The van der Waals surface area contributed by atoms with Gasteiger partial charge in [-0.05, 0) is 19.4 Å². The highest BCUT2D eigenvalue weighted by Crippen LogP contribution is 2.20. The van der Waals surface area contributed by atoms with Gasteiger partial charge in [0.05, 0.1) is 0 Å². The molecular weight excluding hydrogens is 342 g/mol. The lowest BCUT2D eigenvalue weighted by Gasteiger charge is -2.43. The van der Waals surface area contributed by atoms with Crippen molar-refractivity contribution in [1.29, 1.82) is 0 Å². The summed E-state index contributed by atoms with van der Waals surface area (Å²) < 4.78 is 24.8. The first-order chi connectivity index (χ1) is 10.5. The van der Waals surface area contributed by atoms with Gasteiger partial charge >= 0.3 is 8.80 Å².